The molecule has 0 bridgehead atoms. The largest absolute Gasteiger partial charge is 0.477 e. The number of aromatic nitrogens is 2. The Bertz CT molecular complexity index is 690. The van der Waals surface area contributed by atoms with E-state index >= 15 is 0 Å². The van der Waals surface area contributed by atoms with Crippen LogP contribution in [0.25, 0.3) is 0 Å². The molecule has 0 aromatic carbocycles. The fraction of sp³-hybridized carbons (Fsp3) is 0.579. The average Bonchev–Trinajstić information content (AvgIpc) is 3.05. The molecule has 0 saturated carbocycles. The van der Waals surface area contributed by atoms with E-state index in [-0.39, 0.29) is 11.5 Å². The monoisotopic (exact) mass is 343 g/mol. The zero-order valence-electron chi connectivity index (χ0n) is 14.7. The van der Waals surface area contributed by atoms with Gasteiger partial charge in [-0.25, -0.2) is 4.98 Å². The standard InChI is InChI=1S/C19H25N3O3/c1-15-11-16(21-25-15)12-22-9-6-17-19(13-22,7-4-10-23-17)14-24-18-5-2-3-8-20-18/h2-3,5,8,11,17H,4,6-7,9-10,12-14H2,1H3. The van der Waals surface area contributed by atoms with E-state index in [1.54, 1.807) is 6.20 Å². The normalized spacial score (nSPS) is 27.0. The summed E-state index contributed by atoms with van der Waals surface area (Å²) in [5, 5.41) is 4.14. The molecule has 2 aliphatic heterocycles. The lowest BCUT2D eigenvalue weighted by molar-refractivity contribution is -0.141. The molecule has 0 amide bonds. The lowest BCUT2D eigenvalue weighted by atomic mass is 9.73. The SMILES string of the molecule is Cc1cc(CN2CCC3OCCCC3(COc3ccccn3)C2)no1. The number of likely N-dealkylation sites (tertiary alicyclic amines) is 1. The van der Waals surface area contributed by atoms with Crippen LogP contribution in [0.15, 0.2) is 35.0 Å². The minimum atomic E-state index is 0.0206. The zero-order chi connectivity index (χ0) is 17.1. The van der Waals surface area contributed by atoms with Gasteiger partial charge in [-0.05, 0) is 32.3 Å². The smallest absolute Gasteiger partial charge is 0.213 e. The molecule has 6 heteroatoms. The van der Waals surface area contributed by atoms with Crippen LogP contribution in [-0.4, -0.2) is 47.4 Å². The number of pyridine rings is 1. The lowest BCUT2D eigenvalue weighted by Gasteiger charge is -2.50. The van der Waals surface area contributed by atoms with Gasteiger partial charge in [0.2, 0.25) is 5.88 Å². The Balaban J connectivity index is 1.46. The van der Waals surface area contributed by atoms with Gasteiger partial charge in [-0.15, -0.1) is 0 Å². The molecule has 2 aliphatic rings. The summed E-state index contributed by atoms with van der Waals surface area (Å²) >= 11 is 0. The highest BCUT2D eigenvalue weighted by atomic mass is 16.5. The highest BCUT2D eigenvalue weighted by Crippen LogP contribution is 2.40. The molecule has 2 atom stereocenters. The molecule has 4 rings (SSSR count). The summed E-state index contributed by atoms with van der Waals surface area (Å²) in [6.45, 7) is 6.22. The summed E-state index contributed by atoms with van der Waals surface area (Å²) in [6, 6.07) is 7.78. The van der Waals surface area contributed by atoms with Crippen molar-refractivity contribution in [3.05, 3.63) is 41.9 Å². The van der Waals surface area contributed by atoms with Gasteiger partial charge in [0, 0.05) is 50.0 Å². The summed E-state index contributed by atoms with van der Waals surface area (Å²) in [4.78, 5) is 6.74. The maximum absolute atomic E-state index is 6.12. The van der Waals surface area contributed by atoms with Crippen LogP contribution in [0.4, 0.5) is 0 Å². The topological polar surface area (TPSA) is 60.6 Å². The van der Waals surface area contributed by atoms with Gasteiger partial charge >= 0.3 is 0 Å². The fourth-order valence-electron chi connectivity index (χ4n) is 4.10. The van der Waals surface area contributed by atoms with Crippen molar-refractivity contribution in [1.82, 2.24) is 15.0 Å². The highest BCUT2D eigenvalue weighted by molar-refractivity contribution is 5.10. The molecular formula is C19H25N3O3. The molecule has 2 saturated heterocycles. The molecule has 25 heavy (non-hydrogen) atoms. The summed E-state index contributed by atoms with van der Waals surface area (Å²) in [5.74, 6) is 1.55. The Hall–Kier alpha value is -1.92. The molecule has 2 aromatic heterocycles. The first-order valence-electron chi connectivity index (χ1n) is 9.04. The first-order chi connectivity index (χ1) is 12.2. The molecule has 134 valence electrons. The van der Waals surface area contributed by atoms with Crippen LogP contribution in [0.1, 0.15) is 30.7 Å². The van der Waals surface area contributed by atoms with Crippen LogP contribution in [0.5, 0.6) is 5.88 Å². The fourth-order valence-corrected chi connectivity index (χ4v) is 4.10. The Kier molecular flexibility index (Phi) is 4.72. The van der Waals surface area contributed by atoms with Gasteiger partial charge in [-0.2, -0.15) is 0 Å². The summed E-state index contributed by atoms with van der Waals surface area (Å²) in [6.07, 6.45) is 5.27. The molecule has 4 heterocycles. The van der Waals surface area contributed by atoms with E-state index in [0.717, 1.165) is 57.0 Å². The number of rotatable bonds is 5. The van der Waals surface area contributed by atoms with E-state index < -0.39 is 0 Å². The van der Waals surface area contributed by atoms with E-state index in [0.29, 0.717) is 12.5 Å². The van der Waals surface area contributed by atoms with Gasteiger partial charge in [0.15, 0.2) is 0 Å². The van der Waals surface area contributed by atoms with Gasteiger partial charge in [0.1, 0.15) is 5.76 Å². The van der Waals surface area contributed by atoms with Crippen molar-refractivity contribution in [3.8, 4) is 5.88 Å². The van der Waals surface area contributed by atoms with Crippen molar-refractivity contribution in [2.24, 2.45) is 5.41 Å². The number of hydrogen-bond acceptors (Lipinski definition) is 6. The van der Waals surface area contributed by atoms with Gasteiger partial charge in [-0.3, -0.25) is 4.90 Å². The second kappa shape index (κ2) is 7.14. The first kappa shape index (κ1) is 16.5. The third kappa shape index (κ3) is 3.70. The van der Waals surface area contributed by atoms with Gasteiger partial charge in [0.05, 0.1) is 18.4 Å². The van der Waals surface area contributed by atoms with E-state index in [1.165, 1.54) is 0 Å². The first-order valence-corrected chi connectivity index (χ1v) is 9.04. The van der Waals surface area contributed by atoms with Crippen molar-refractivity contribution < 1.29 is 14.0 Å². The summed E-state index contributed by atoms with van der Waals surface area (Å²) < 4.78 is 17.4. The third-order valence-electron chi connectivity index (χ3n) is 5.27. The van der Waals surface area contributed by atoms with E-state index in [1.807, 2.05) is 31.2 Å². The zero-order valence-corrected chi connectivity index (χ0v) is 14.7. The molecule has 0 aliphatic carbocycles. The van der Waals surface area contributed by atoms with Gasteiger partial charge in [-0.1, -0.05) is 11.2 Å². The van der Waals surface area contributed by atoms with Crippen LogP contribution in [0.2, 0.25) is 0 Å². The van der Waals surface area contributed by atoms with Crippen molar-refractivity contribution >= 4 is 0 Å². The number of hydrogen-bond donors (Lipinski definition) is 0. The number of aryl methyl sites for hydroxylation is 1. The second-order valence-electron chi connectivity index (χ2n) is 7.21. The Morgan fingerprint density at radius 1 is 1.40 bits per heavy atom. The van der Waals surface area contributed by atoms with E-state index in [9.17, 15) is 0 Å². The molecule has 2 unspecified atom stereocenters. The van der Waals surface area contributed by atoms with E-state index in [2.05, 4.69) is 15.0 Å². The summed E-state index contributed by atoms with van der Waals surface area (Å²) in [5.41, 5.74) is 1.01. The molecule has 0 radical (unpaired) electrons. The number of fused-ring (bicyclic) bond motifs is 1. The van der Waals surface area contributed by atoms with Crippen LogP contribution < -0.4 is 4.74 Å². The lowest BCUT2D eigenvalue weighted by Crippen LogP contribution is -2.57. The third-order valence-corrected chi connectivity index (χ3v) is 5.27. The minimum Gasteiger partial charge on any atom is -0.477 e. The predicted octanol–water partition coefficient (Wildman–Crippen LogP) is 2.83. The molecule has 2 aromatic rings. The molecule has 6 nitrogen and oxygen atoms in total. The average molecular weight is 343 g/mol. The highest BCUT2D eigenvalue weighted by Gasteiger charge is 2.46. The molecular weight excluding hydrogens is 318 g/mol. The Labute approximate surface area is 148 Å². The number of ether oxygens (including phenoxy) is 2. The number of nitrogens with zero attached hydrogens (tertiary/aromatic N) is 3. The van der Waals surface area contributed by atoms with Crippen molar-refractivity contribution in [3.63, 3.8) is 0 Å². The van der Waals surface area contributed by atoms with Crippen molar-refractivity contribution in [2.75, 3.05) is 26.3 Å². The van der Waals surface area contributed by atoms with Gasteiger partial charge < -0.3 is 14.0 Å². The van der Waals surface area contributed by atoms with Crippen molar-refractivity contribution in [1.29, 1.82) is 0 Å². The predicted molar refractivity (Wildman–Crippen MR) is 92.3 cm³/mol. The van der Waals surface area contributed by atoms with Crippen LogP contribution in [0.3, 0.4) is 0 Å². The molecule has 0 spiro atoms. The van der Waals surface area contributed by atoms with Crippen molar-refractivity contribution in [2.45, 2.75) is 38.8 Å². The van der Waals surface area contributed by atoms with E-state index in [4.69, 9.17) is 14.0 Å². The minimum absolute atomic E-state index is 0.0206. The van der Waals surface area contributed by atoms with Crippen LogP contribution in [0, 0.1) is 12.3 Å². The van der Waals surface area contributed by atoms with Gasteiger partial charge in [0.25, 0.3) is 0 Å². The summed E-state index contributed by atoms with van der Waals surface area (Å²) in [7, 11) is 0. The maximum atomic E-state index is 6.12. The quantitative estimate of drug-likeness (QED) is 0.832. The Morgan fingerprint density at radius 2 is 2.36 bits per heavy atom. The molecule has 2 fully saturated rings. The molecule has 0 N–H and O–H groups in total. The van der Waals surface area contributed by atoms with Crippen LogP contribution in [-0.2, 0) is 11.3 Å². The maximum Gasteiger partial charge on any atom is 0.213 e. The van der Waals surface area contributed by atoms with Crippen LogP contribution >= 0.6 is 0 Å². The Morgan fingerprint density at radius 3 is 3.16 bits per heavy atom. The second-order valence-corrected chi connectivity index (χ2v) is 7.21. The number of piperidine rings is 1.